The van der Waals surface area contributed by atoms with E-state index in [4.69, 9.17) is 9.47 Å². The molecule has 0 spiro atoms. The van der Waals surface area contributed by atoms with Gasteiger partial charge in [-0.15, -0.1) is 0 Å². The van der Waals surface area contributed by atoms with E-state index in [0.29, 0.717) is 12.1 Å². The maximum Gasteiger partial charge on any atom is 0.0630 e. The Hall–Kier alpha value is -0.160. The van der Waals surface area contributed by atoms with Crippen molar-refractivity contribution in [2.24, 2.45) is 0 Å². The third-order valence-electron chi connectivity index (χ3n) is 2.32. The third-order valence-corrected chi connectivity index (χ3v) is 2.32. The average molecular weight is 218 g/mol. The summed E-state index contributed by atoms with van der Waals surface area (Å²) in [5.41, 5.74) is 0. The van der Waals surface area contributed by atoms with Crippen molar-refractivity contribution in [3.8, 4) is 0 Å². The zero-order valence-electron chi connectivity index (χ0n) is 10.7. The van der Waals surface area contributed by atoms with Crippen LogP contribution in [0, 0.1) is 0 Å². The molecule has 0 aliphatic carbocycles. The lowest BCUT2D eigenvalue weighted by Crippen LogP contribution is -2.43. The number of ether oxygens (including phenoxy) is 2. The summed E-state index contributed by atoms with van der Waals surface area (Å²) < 4.78 is 10.7. The predicted molar refractivity (Wildman–Crippen MR) is 63.3 cm³/mol. The molecule has 0 amide bonds. The minimum absolute atomic E-state index is 0.309. The van der Waals surface area contributed by atoms with E-state index in [-0.39, 0.29) is 0 Å². The van der Waals surface area contributed by atoms with Gasteiger partial charge in [-0.05, 0) is 27.9 Å². The zero-order valence-corrected chi connectivity index (χ0v) is 10.7. The Morgan fingerprint density at radius 1 is 1.33 bits per heavy atom. The molecule has 0 rings (SSSR count). The fourth-order valence-electron chi connectivity index (χ4n) is 1.38. The van der Waals surface area contributed by atoms with Gasteiger partial charge in [-0.1, -0.05) is 0 Å². The van der Waals surface area contributed by atoms with Crippen LogP contribution in [-0.2, 0) is 9.47 Å². The van der Waals surface area contributed by atoms with Crippen LogP contribution in [0.2, 0.25) is 0 Å². The summed E-state index contributed by atoms with van der Waals surface area (Å²) in [4.78, 5) is 2.27. The second-order valence-electron chi connectivity index (χ2n) is 4.07. The lowest BCUT2D eigenvalue weighted by molar-refractivity contribution is 0.0422. The highest BCUT2D eigenvalue weighted by Gasteiger charge is 2.13. The summed E-state index contributed by atoms with van der Waals surface area (Å²) in [6.45, 7) is 7.51. The Balaban J connectivity index is 3.74. The van der Waals surface area contributed by atoms with Gasteiger partial charge in [0, 0.05) is 26.2 Å². The number of nitrogens with zero attached hydrogens (tertiary/aromatic N) is 1. The minimum Gasteiger partial charge on any atom is -0.383 e. The molecular weight excluding hydrogens is 192 g/mol. The first-order chi connectivity index (χ1) is 7.11. The first-order valence-corrected chi connectivity index (χ1v) is 5.57. The smallest absolute Gasteiger partial charge is 0.0630 e. The summed E-state index contributed by atoms with van der Waals surface area (Å²) in [7, 11) is 5.80. The van der Waals surface area contributed by atoms with Crippen LogP contribution in [0.15, 0.2) is 0 Å². The summed E-state index contributed by atoms with van der Waals surface area (Å²) in [5, 5.41) is 3.17. The van der Waals surface area contributed by atoms with Crippen molar-refractivity contribution in [1.29, 1.82) is 0 Å². The SMILES string of the molecule is CNCC(COC)N(C)CCOC(C)C. The van der Waals surface area contributed by atoms with Crippen molar-refractivity contribution >= 4 is 0 Å². The normalized spacial score (nSPS) is 13.8. The molecule has 0 radical (unpaired) electrons. The lowest BCUT2D eigenvalue weighted by Gasteiger charge is -2.27. The molecule has 92 valence electrons. The predicted octanol–water partition coefficient (Wildman–Crippen LogP) is 0.578. The van der Waals surface area contributed by atoms with Crippen LogP contribution in [0.1, 0.15) is 13.8 Å². The number of rotatable bonds is 9. The second-order valence-corrected chi connectivity index (χ2v) is 4.07. The largest absolute Gasteiger partial charge is 0.383 e. The van der Waals surface area contributed by atoms with Gasteiger partial charge in [0.25, 0.3) is 0 Å². The molecule has 0 bridgehead atoms. The van der Waals surface area contributed by atoms with E-state index in [0.717, 1.165) is 26.3 Å². The van der Waals surface area contributed by atoms with Crippen LogP contribution >= 0.6 is 0 Å². The molecule has 1 unspecified atom stereocenters. The first kappa shape index (κ1) is 14.8. The lowest BCUT2D eigenvalue weighted by atomic mass is 10.2. The van der Waals surface area contributed by atoms with Gasteiger partial charge in [0.15, 0.2) is 0 Å². The van der Waals surface area contributed by atoms with E-state index in [2.05, 4.69) is 31.1 Å². The van der Waals surface area contributed by atoms with E-state index in [1.807, 2.05) is 7.05 Å². The van der Waals surface area contributed by atoms with Gasteiger partial charge in [0.05, 0.1) is 19.3 Å². The molecule has 4 nitrogen and oxygen atoms in total. The Labute approximate surface area is 93.9 Å². The van der Waals surface area contributed by atoms with Crippen molar-refractivity contribution in [2.45, 2.75) is 26.0 Å². The highest BCUT2D eigenvalue weighted by atomic mass is 16.5. The molecule has 1 N–H and O–H groups in total. The van der Waals surface area contributed by atoms with Crippen LogP contribution in [0.4, 0.5) is 0 Å². The molecule has 1 atom stereocenters. The Kier molecular flexibility index (Phi) is 9.00. The molecule has 0 aromatic rings. The fourth-order valence-corrected chi connectivity index (χ4v) is 1.38. The van der Waals surface area contributed by atoms with Crippen LogP contribution in [0.25, 0.3) is 0 Å². The zero-order chi connectivity index (χ0) is 11.7. The number of likely N-dealkylation sites (N-methyl/N-ethyl adjacent to an activating group) is 2. The Morgan fingerprint density at radius 3 is 2.47 bits per heavy atom. The highest BCUT2D eigenvalue weighted by Crippen LogP contribution is 1.97. The molecular formula is C11H26N2O2. The standard InChI is InChI=1S/C11H26N2O2/c1-10(2)15-7-6-13(4)11(8-12-3)9-14-5/h10-12H,6-9H2,1-5H3. The Morgan fingerprint density at radius 2 is 2.00 bits per heavy atom. The molecule has 0 aromatic heterocycles. The number of hydrogen-bond acceptors (Lipinski definition) is 4. The highest BCUT2D eigenvalue weighted by molar-refractivity contribution is 4.70. The van der Waals surface area contributed by atoms with Gasteiger partial charge in [0.2, 0.25) is 0 Å². The Bertz CT molecular complexity index is 137. The third kappa shape index (κ3) is 7.73. The van der Waals surface area contributed by atoms with Crippen LogP contribution < -0.4 is 5.32 Å². The molecule has 15 heavy (non-hydrogen) atoms. The molecule has 0 aliphatic rings. The number of methoxy groups -OCH3 is 1. The maximum atomic E-state index is 5.52. The van der Waals surface area contributed by atoms with Gasteiger partial charge in [-0.25, -0.2) is 0 Å². The molecule has 0 aromatic carbocycles. The van der Waals surface area contributed by atoms with Gasteiger partial charge < -0.3 is 14.8 Å². The van der Waals surface area contributed by atoms with Gasteiger partial charge in [0.1, 0.15) is 0 Å². The van der Waals surface area contributed by atoms with Crippen LogP contribution in [0.3, 0.4) is 0 Å². The molecule has 0 saturated heterocycles. The minimum atomic E-state index is 0.309. The number of hydrogen-bond donors (Lipinski definition) is 1. The van der Waals surface area contributed by atoms with Crippen molar-refractivity contribution in [2.75, 3.05) is 47.5 Å². The van der Waals surface area contributed by atoms with Crippen LogP contribution in [0.5, 0.6) is 0 Å². The molecule has 0 fully saturated rings. The summed E-state index contributed by atoms with van der Waals surface area (Å²) in [6, 6.07) is 0.413. The van der Waals surface area contributed by atoms with E-state index >= 15 is 0 Å². The fraction of sp³-hybridized carbons (Fsp3) is 1.00. The quantitative estimate of drug-likeness (QED) is 0.614. The van der Waals surface area contributed by atoms with E-state index in [1.165, 1.54) is 0 Å². The van der Waals surface area contributed by atoms with Gasteiger partial charge >= 0.3 is 0 Å². The summed E-state index contributed by atoms with van der Waals surface area (Å²) in [5.74, 6) is 0. The monoisotopic (exact) mass is 218 g/mol. The van der Waals surface area contributed by atoms with Crippen LogP contribution in [-0.4, -0.2) is 64.6 Å². The second kappa shape index (κ2) is 9.09. The van der Waals surface area contributed by atoms with Gasteiger partial charge in [-0.3, -0.25) is 4.90 Å². The summed E-state index contributed by atoms with van der Waals surface area (Å²) >= 11 is 0. The topological polar surface area (TPSA) is 33.7 Å². The van der Waals surface area contributed by atoms with Crippen molar-refractivity contribution < 1.29 is 9.47 Å². The number of nitrogens with one attached hydrogen (secondary N) is 1. The van der Waals surface area contributed by atoms with E-state index in [1.54, 1.807) is 7.11 Å². The molecule has 0 aliphatic heterocycles. The van der Waals surface area contributed by atoms with Crippen molar-refractivity contribution in [3.63, 3.8) is 0 Å². The average Bonchev–Trinajstić information content (AvgIpc) is 2.16. The van der Waals surface area contributed by atoms with Crippen molar-refractivity contribution in [1.82, 2.24) is 10.2 Å². The maximum absolute atomic E-state index is 5.52. The van der Waals surface area contributed by atoms with E-state index < -0.39 is 0 Å². The van der Waals surface area contributed by atoms with Crippen molar-refractivity contribution in [3.05, 3.63) is 0 Å². The first-order valence-electron chi connectivity index (χ1n) is 5.57. The summed E-state index contributed by atoms with van der Waals surface area (Å²) in [6.07, 6.45) is 0.309. The molecule has 0 saturated carbocycles. The molecule has 4 heteroatoms. The van der Waals surface area contributed by atoms with E-state index in [9.17, 15) is 0 Å². The molecule has 0 heterocycles. The van der Waals surface area contributed by atoms with Gasteiger partial charge in [-0.2, -0.15) is 0 Å².